The van der Waals surface area contributed by atoms with Crippen molar-refractivity contribution in [1.29, 1.82) is 0 Å². The highest BCUT2D eigenvalue weighted by Crippen LogP contribution is 2.44. The fourth-order valence-electron chi connectivity index (χ4n) is 4.47. The Morgan fingerprint density at radius 2 is 2.00 bits per heavy atom. The first kappa shape index (κ1) is 13.4. The van der Waals surface area contributed by atoms with Crippen LogP contribution in [0, 0.1) is 11.8 Å². The number of carbonyl (C=O) groups excluding carboxylic acids is 1. The molecule has 108 valence electrons. The van der Waals surface area contributed by atoms with Crippen molar-refractivity contribution >= 4 is 5.97 Å². The maximum atomic E-state index is 12.0. The van der Waals surface area contributed by atoms with Gasteiger partial charge in [-0.1, -0.05) is 0 Å². The van der Waals surface area contributed by atoms with Crippen molar-refractivity contribution in [3.8, 4) is 0 Å². The topological polar surface area (TPSA) is 32.8 Å². The van der Waals surface area contributed by atoms with Gasteiger partial charge in [0.1, 0.15) is 0 Å². The molecule has 4 rings (SSSR count). The van der Waals surface area contributed by atoms with Crippen molar-refractivity contribution in [2.75, 3.05) is 26.7 Å². The molecule has 19 heavy (non-hydrogen) atoms. The largest absolute Gasteiger partial charge is 0.463 e. The molecule has 2 bridgehead atoms. The van der Waals surface area contributed by atoms with E-state index >= 15 is 0 Å². The molecule has 4 aliphatic rings. The number of fused-ring (bicyclic) bond motifs is 2. The van der Waals surface area contributed by atoms with Crippen molar-refractivity contribution in [3.05, 3.63) is 0 Å². The van der Waals surface area contributed by atoms with E-state index in [4.69, 9.17) is 4.74 Å². The predicted octanol–water partition coefficient (Wildman–Crippen LogP) is 1.35. The first-order valence-electron chi connectivity index (χ1n) is 7.70. The summed E-state index contributed by atoms with van der Waals surface area (Å²) >= 11 is 0. The second kappa shape index (κ2) is 5.06. The molecule has 0 saturated carbocycles. The lowest BCUT2D eigenvalue weighted by Crippen LogP contribution is -2.57. The van der Waals surface area contributed by atoms with E-state index < -0.39 is 0 Å². The van der Waals surface area contributed by atoms with Gasteiger partial charge in [0.25, 0.3) is 0 Å². The fourth-order valence-corrected chi connectivity index (χ4v) is 4.47. The van der Waals surface area contributed by atoms with E-state index in [-0.39, 0.29) is 12.1 Å². The van der Waals surface area contributed by atoms with Crippen LogP contribution < -0.4 is 0 Å². The summed E-state index contributed by atoms with van der Waals surface area (Å²) in [6.07, 6.45) is 3.27. The van der Waals surface area contributed by atoms with E-state index in [1.54, 1.807) is 0 Å². The van der Waals surface area contributed by atoms with Crippen LogP contribution in [0.4, 0.5) is 0 Å². The first-order chi connectivity index (χ1) is 9.06. The van der Waals surface area contributed by atoms with Gasteiger partial charge in [0.05, 0.1) is 12.5 Å². The van der Waals surface area contributed by atoms with E-state index in [0.717, 1.165) is 18.4 Å². The summed E-state index contributed by atoms with van der Waals surface area (Å²) < 4.78 is 5.34. The standard InChI is InChI=1S/C15H26N2O2/c1-10(2)19-14(18)8-13-15-12(9-16(13)3)11-4-6-17(15)7-5-11/h10-13,15H,4-9H2,1-3H3. The molecule has 4 saturated heterocycles. The predicted molar refractivity (Wildman–Crippen MR) is 73.8 cm³/mol. The van der Waals surface area contributed by atoms with Gasteiger partial charge in [-0.05, 0) is 58.7 Å². The number of ether oxygens (including phenoxy) is 1. The number of hydrogen-bond acceptors (Lipinski definition) is 4. The Morgan fingerprint density at radius 3 is 2.63 bits per heavy atom. The molecule has 0 aromatic carbocycles. The van der Waals surface area contributed by atoms with Crippen LogP contribution in [0.5, 0.6) is 0 Å². The SMILES string of the molecule is CC(C)OC(=O)CC1C2C(CN1C)C1CCN2CC1. The highest BCUT2D eigenvalue weighted by atomic mass is 16.5. The van der Waals surface area contributed by atoms with Crippen LogP contribution in [-0.4, -0.2) is 60.6 Å². The zero-order valence-corrected chi connectivity index (χ0v) is 12.3. The van der Waals surface area contributed by atoms with Gasteiger partial charge in [0.15, 0.2) is 0 Å². The Morgan fingerprint density at radius 1 is 1.32 bits per heavy atom. The van der Waals surface area contributed by atoms with E-state index in [1.165, 1.54) is 25.9 Å². The average Bonchev–Trinajstić information content (AvgIpc) is 2.69. The molecule has 4 heterocycles. The van der Waals surface area contributed by atoms with E-state index in [9.17, 15) is 4.79 Å². The zero-order chi connectivity index (χ0) is 13.6. The van der Waals surface area contributed by atoms with Gasteiger partial charge in [0, 0.05) is 18.6 Å². The maximum absolute atomic E-state index is 12.0. The summed E-state index contributed by atoms with van der Waals surface area (Å²) in [5, 5.41) is 0. The second-order valence-corrected chi connectivity index (χ2v) is 6.78. The Kier molecular flexibility index (Phi) is 3.56. The molecule has 0 aromatic rings. The van der Waals surface area contributed by atoms with Crippen LogP contribution in [0.1, 0.15) is 33.1 Å². The third kappa shape index (κ3) is 2.40. The van der Waals surface area contributed by atoms with Crippen LogP contribution in [-0.2, 0) is 9.53 Å². The third-order valence-corrected chi connectivity index (χ3v) is 5.24. The maximum Gasteiger partial charge on any atom is 0.307 e. The number of likely N-dealkylation sites (tertiary alicyclic amines) is 1. The Bertz CT molecular complexity index is 350. The molecule has 0 aromatic heterocycles. The quantitative estimate of drug-likeness (QED) is 0.722. The number of rotatable bonds is 3. The Labute approximate surface area is 116 Å². The molecule has 4 aliphatic heterocycles. The van der Waals surface area contributed by atoms with Gasteiger partial charge in [-0.3, -0.25) is 9.69 Å². The van der Waals surface area contributed by atoms with Gasteiger partial charge in [0.2, 0.25) is 0 Å². The normalized spacial score (nSPS) is 41.6. The minimum absolute atomic E-state index is 0.00174. The summed E-state index contributed by atoms with van der Waals surface area (Å²) in [5.74, 6) is 1.64. The van der Waals surface area contributed by atoms with Gasteiger partial charge in [-0.2, -0.15) is 0 Å². The molecule has 3 atom stereocenters. The lowest BCUT2D eigenvalue weighted by atomic mass is 9.73. The zero-order valence-electron chi connectivity index (χ0n) is 12.3. The number of hydrogen-bond donors (Lipinski definition) is 0. The molecule has 0 aliphatic carbocycles. The minimum atomic E-state index is -0.0323. The monoisotopic (exact) mass is 266 g/mol. The van der Waals surface area contributed by atoms with Gasteiger partial charge in [-0.25, -0.2) is 0 Å². The summed E-state index contributed by atoms with van der Waals surface area (Å²) in [6.45, 7) is 7.46. The van der Waals surface area contributed by atoms with Crippen molar-refractivity contribution in [2.45, 2.75) is 51.3 Å². The second-order valence-electron chi connectivity index (χ2n) is 6.78. The minimum Gasteiger partial charge on any atom is -0.463 e. The van der Waals surface area contributed by atoms with Gasteiger partial charge < -0.3 is 9.64 Å². The highest BCUT2D eigenvalue weighted by molar-refractivity contribution is 5.70. The lowest BCUT2D eigenvalue weighted by Gasteiger charge is -2.49. The average molecular weight is 266 g/mol. The van der Waals surface area contributed by atoms with Crippen LogP contribution in [0.15, 0.2) is 0 Å². The molecule has 0 N–H and O–H groups in total. The lowest BCUT2D eigenvalue weighted by molar-refractivity contribution is -0.149. The number of likely N-dealkylation sites (N-methyl/N-ethyl adjacent to an activating group) is 1. The molecule has 0 amide bonds. The molecule has 0 radical (unpaired) electrons. The van der Waals surface area contributed by atoms with Crippen LogP contribution in [0.2, 0.25) is 0 Å². The van der Waals surface area contributed by atoms with Crippen molar-refractivity contribution in [3.63, 3.8) is 0 Å². The van der Waals surface area contributed by atoms with Gasteiger partial charge in [-0.15, -0.1) is 0 Å². The number of piperidine rings is 3. The Balaban J connectivity index is 1.69. The number of nitrogens with zero attached hydrogens (tertiary/aromatic N) is 2. The summed E-state index contributed by atoms with van der Waals surface area (Å²) in [5.41, 5.74) is 0. The summed E-state index contributed by atoms with van der Waals surface area (Å²) in [7, 11) is 2.17. The molecule has 4 fully saturated rings. The first-order valence-corrected chi connectivity index (χ1v) is 7.70. The van der Waals surface area contributed by atoms with Crippen molar-refractivity contribution in [2.24, 2.45) is 11.8 Å². The van der Waals surface area contributed by atoms with E-state index in [1.807, 2.05) is 13.8 Å². The molecular weight excluding hydrogens is 240 g/mol. The van der Waals surface area contributed by atoms with E-state index in [2.05, 4.69) is 16.8 Å². The van der Waals surface area contributed by atoms with Crippen LogP contribution in [0.25, 0.3) is 0 Å². The summed E-state index contributed by atoms with van der Waals surface area (Å²) in [4.78, 5) is 17.0. The molecule has 0 spiro atoms. The summed E-state index contributed by atoms with van der Waals surface area (Å²) in [6, 6.07) is 0.955. The molecule has 4 heteroatoms. The van der Waals surface area contributed by atoms with Crippen LogP contribution >= 0.6 is 0 Å². The number of carbonyl (C=O) groups is 1. The molecule has 3 unspecified atom stereocenters. The van der Waals surface area contributed by atoms with Gasteiger partial charge >= 0.3 is 5.97 Å². The van der Waals surface area contributed by atoms with Crippen molar-refractivity contribution < 1.29 is 9.53 Å². The smallest absolute Gasteiger partial charge is 0.307 e. The Hall–Kier alpha value is -0.610. The van der Waals surface area contributed by atoms with E-state index in [0.29, 0.717) is 18.5 Å². The third-order valence-electron chi connectivity index (χ3n) is 5.24. The molecular formula is C15H26N2O2. The molecule has 4 nitrogen and oxygen atoms in total. The number of esters is 1. The fraction of sp³-hybridized carbons (Fsp3) is 0.933. The highest BCUT2D eigenvalue weighted by Gasteiger charge is 2.51. The van der Waals surface area contributed by atoms with Crippen molar-refractivity contribution in [1.82, 2.24) is 9.80 Å². The van der Waals surface area contributed by atoms with Crippen LogP contribution in [0.3, 0.4) is 0 Å².